The number of benzene rings is 3. The van der Waals surface area contributed by atoms with Crippen molar-refractivity contribution in [3.8, 4) is 23.0 Å². The molecular formula is C27H26O5. The third-order valence-electron chi connectivity index (χ3n) is 4.95. The zero-order chi connectivity index (χ0) is 22.9. The first-order valence-electron chi connectivity index (χ1n) is 10.0. The summed E-state index contributed by atoms with van der Waals surface area (Å²) < 4.78 is 21.5. The topological polar surface area (TPSA) is 54.0 Å². The van der Waals surface area contributed by atoms with Gasteiger partial charge in [0.25, 0.3) is 0 Å². The monoisotopic (exact) mass is 430 g/mol. The van der Waals surface area contributed by atoms with Crippen molar-refractivity contribution in [2.75, 3.05) is 28.4 Å². The highest BCUT2D eigenvalue weighted by Gasteiger charge is 2.12. The molecule has 3 aromatic rings. The van der Waals surface area contributed by atoms with Crippen LogP contribution in [0.2, 0.25) is 0 Å². The first kappa shape index (κ1) is 22.7. The van der Waals surface area contributed by atoms with Crippen molar-refractivity contribution in [3.05, 3.63) is 89.0 Å². The van der Waals surface area contributed by atoms with Gasteiger partial charge in [-0.2, -0.15) is 0 Å². The van der Waals surface area contributed by atoms with Gasteiger partial charge < -0.3 is 18.9 Å². The molecule has 0 N–H and O–H groups in total. The maximum Gasteiger partial charge on any atom is 0.189 e. The summed E-state index contributed by atoms with van der Waals surface area (Å²) in [5, 5.41) is 0. The van der Waals surface area contributed by atoms with E-state index in [9.17, 15) is 4.79 Å². The Morgan fingerprint density at radius 2 is 1.38 bits per heavy atom. The predicted octanol–water partition coefficient (Wildman–Crippen LogP) is 5.79. The quantitative estimate of drug-likeness (QED) is 0.244. The maximum absolute atomic E-state index is 12.8. The summed E-state index contributed by atoms with van der Waals surface area (Å²) in [5.74, 6) is 2.42. The number of methoxy groups -OCH3 is 4. The van der Waals surface area contributed by atoms with Gasteiger partial charge in [0.1, 0.15) is 23.0 Å². The number of para-hydroxylation sites is 1. The molecule has 0 atom stereocenters. The van der Waals surface area contributed by atoms with Gasteiger partial charge in [-0.3, -0.25) is 4.79 Å². The molecule has 0 bridgehead atoms. The molecule has 0 saturated heterocycles. The van der Waals surface area contributed by atoms with Gasteiger partial charge in [0.15, 0.2) is 5.78 Å². The summed E-state index contributed by atoms with van der Waals surface area (Å²) in [6.07, 6.45) is 7.21. The largest absolute Gasteiger partial charge is 0.497 e. The van der Waals surface area contributed by atoms with Crippen LogP contribution in [0.3, 0.4) is 0 Å². The molecule has 32 heavy (non-hydrogen) atoms. The Labute approximate surface area is 188 Å². The minimum absolute atomic E-state index is 0.162. The smallest absolute Gasteiger partial charge is 0.189 e. The second-order valence-electron chi connectivity index (χ2n) is 6.84. The molecular weight excluding hydrogens is 404 g/mol. The second-order valence-corrected chi connectivity index (χ2v) is 6.84. The molecule has 0 aromatic heterocycles. The van der Waals surface area contributed by atoms with Crippen molar-refractivity contribution in [2.24, 2.45) is 0 Å². The van der Waals surface area contributed by atoms with Gasteiger partial charge in [-0.05, 0) is 53.6 Å². The fraction of sp³-hybridized carbons (Fsp3) is 0.148. The van der Waals surface area contributed by atoms with E-state index in [-0.39, 0.29) is 5.78 Å². The average molecular weight is 431 g/mol. The number of carbonyl (C=O) groups excluding carboxylic acids is 1. The molecule has 3 aromatic carbocycles. The Morgan fingerprint density at radius 3 is 2.03 bits per heavy atom. The van der Waals surface area contributed by atoms with Gasteiger partial charge >= 0.3 is 0 Å². The van der Waals surface area contributed by atoms with Crippen LogP contribution in [0.1, 0.15) is 27.0 Å². The summed E-state index contributed by atoms with van der Waals surface area (Å²) in [6, 6.07) is 18.6. The third kappa shape index (κ3) is 5.38. The Kier molecular flexibility index (Phi) is 7.70. The molecule has 0 unspecified atom stereocenters. The van der Waals surface area contributed by atoms with Crippen molar-refractivity contribution >= 4 is 24.0 Å². The first-order chi connectivity index (χ1) is 15.6. The Morgan fingerprint density at radius 1 is 0.688 bits per heavy atom. The van der Waals surface area contributed by atoms with Gasteiger partial charge in [0.05, 0.1) is 34.0 Å². The van der Waals surface area contributed by atoms with Crippen molar-refractivity contribution in [3.63, 3.8) is 0 Å². The molecule has 0 amide bonds. The molecule has 3 rings (SSSR count). The van der Waals surface area contributed by atoms with E-state index in [1.807, 2.05) is 48.6 Å². The molecule has 0 aliphatic rings. The number of carbonyl (C=O) groups is 1. The highest BCUT2D eigenvalue weighted by molar-refractivity contribution is 6.09. The number of ketones is 1. The lowest BCUT2D eigenvalue weighted by Gasteiger charge is -2.12. The van der Waals surface area contributed by atoms with Crippen LogP contribution in [-0.4, -0.2) is 34.2 Å². The van der Waals surface area contributed by atoms with E-state index in [0.29, 0.717) is 22.8 Å². The van der Waals surface area contributed by atoms with Crippen LogP contribution in [0.4, 0.5) is 0 Å². The van der Waals surface area contributed by atoms with Crippen LogP contribution in [0.15, 0.2) is 66.7 Å². The highest BCUT2D eigenvalue weighted by Crippen LogP contribution is 2.32. The minimum atomic E-state index is -0.162. The fourth-order valence-corrected chi connectivity index (χ4v) is 3.22. The van der Waals surface area contributed by atoms with E-state index < -0.39 is 0 Å². The van der Waals surface area contributed by atoms with E-state index in [1.54, 1.807) is 58.8 Å². The van der Waals surface area contributed by atoms with Crippen molar-refractivity contribution in [1.82, 2.24) is 0 Å². The standard InChI is InChI=1S/C27H26O5/c1-29-21-13-10-19(11-14-21)9-12-20-17-22(30-2)18-27(32-4)23(20)15-16-25(28)24-7-5-6-8-26(24)31-3/h5-18H,1-4H3/b12-9+,16-15+. The summed E-state index contributed by atoms with van der Waals surface area (Å²) in [6.45, 7) is 0. The van der Waals surface area contributed by atoms with E-state index in [4.69, 9.17) is 18.9 Å². The molecule has 0 saturated carbocycles. The highest BCUT2D eigenvalue weighted by atomic mass is 16.5. The molecule has 0 heterocycles. The van der Waals surface area contributed by atoms with Crippen LogP contribution in [-0.2, 0) is 0 Å². The van der Waals surface area contributed by atoms with Crippen molar-refractivity contribution < 1.29 is 23.7 Å². The number of hydrogen-bond donors (Lipinski definition) is 0. The van der Waals surface area contributed by atoms with E-state index in [0.717, 1.165) is 22.4 Å². The molecule has 0 aliphatic heterocycles. The number of hydrogen-bond acceptors (Lipinski definition) is 5. The molecule has 0 radical (unpaired) electrons. The maximum atomic E-state index is 12.8. The van der Waals surface area contributed by atoms with Crippen LogP contribution >= 0.6 is 0 Å². The summed E-state index contributed by atoms with van der Waals surface area (Å²) in [5.41, 5.74) is 3.11. The average Bonchev–Trinajstić information content (AvgIpc) is 2.85. The Balaban J connectivity index is 1.98. The Bertz CT molecular complexity index is 1130. The van der Waals surface area contributed by atoms with Gasteiger partial charge in [-0.1, -0.05) is 36.4 Å². The summed E-state index contributed by atoms with van der Waals surface area (Å²) >= 11 is 0. The lowest BCUT2D eigenvalue weighted by Crippen LogP contribution is -1.99. The van der Waals surface area contributed by atoms with Crippen LogP contribution in [0.5, 0.6) is 23.0 Å². The Hall–Kier alpha value is -3.99. The SMILES string of the molecule is COc1ccc(/C=C/c2cc(OC)cc(OC)c2/C=C/C(=O)c2ccccc2OC)cc1. The molecule has 5 nitrogen and oxygen atoms in total. The number of ether oxygens (including phenoxy) is 4. The van der Waals surface area contributed by atoms with E-state index in [2.05, 4.69) is 0 Å². The zero-order valence-corrected chi connectivity index (χ0v) is 18.6. The molecule has 164 valence electrons. The second kappa shape index (κ2) is 10.9. The minimum Gasteiger partial charge on any atom is -0.497 e. The van der Waals surface area contributed by atoms with Crippen molar-refractivity contribution in [1.29, 1.82) is 0 Å². The molecule has 0 spiro atoms. The number of rotatable bonds is 9. The van der Waals surface area contributed by atoms with Crippen LogP contribution < -0.4 is 18.9 Å². The lowest BCUT2D eigenvalue weighted by molar-refractivity contribution is 0.104. The molecule has 5 heteroatoms. The molecule has 0 fully saturated rings. The fourth-order valence-electron chi connectivity index (χ4n) is 3.22. The van der Waals surface area contributed by atoms with Crippen LogP contribution in [0.25, 0.3) is 18.2 Å². The third-order valence-corrected chi connectivity index (χ3v) is 4.95. The van der Waals surface area contributed by atoms with Crippen LogP contribution in [0, 0.1) is 0 Å². The van der Waals surface area contributed by atoms with Gasteiger partial charge in [-0.25, -0.2) is 0 Å². The summed E-state index contributed by atoms with van der Waals surface area (Å²) in [7, 11) is 6.38. The van der Waals surface area contributed by atoms with Gasteiger partial charge in [-0.15, -0.1) is 0 Å². The van der Waals surface area contributed by atoms with Crippen molar-refractivity contribution in [2.45, 2.75) is 0 Å². The first-order valence-corrected chi connectivity index (χ1v) is 10.0. The number of allylic oxidation sites excluding steroid dienone is 1. The summed E-state index contributed by atoms with van der Waals surface area (Å²) in [4.78, 5) is 12.8. The normalized spacial score (nSPS) is 11.0. The predicted molar refractivity (Wildman–Crippen MR) is 128 cm³/mol. The van der Waals surface area contributed by atoms with Gasteiger partial charge in [0.2, 0.25) is 0 Å². The molecule has 0 aliphatic carbocycles. The van der Waals surface area contributed by atoms with E-state index >= 15 is 0 Å². The van der Waals surface area contributed by atoms with E-state index in [1.165, 1.54) is 6.08 Å². The van der Waals surface area contributed by atoms with Gasteiger partial charge in [0, 0.05) is 11.6 Å². The zero-order valence-electron chi connectivity index (χ0n) is 18.6. The lowest BCUT2D eigenvalue weighted by atomic mass is 10.0.